The zero-order chi connectivity index (χ0) is 24.4. The molecule has 0 amide bonds. The van der Waals surface area contributed by atoms with E-state index >= 15 is 0 Å². The summed E-state index contributed by atoms with van der Waals surface area (Å²) in [5, 5.41) is 12.0. The first-order valence-electron chi connectivity index (χ1n) is 11.5. The minimum absolute atomic E-state index is 0.0181. The number of rotatable bonds is 7. The smallest absolute Gasteiger partial charge is 0.307 e. The highest BCUT2D eigenvalue weighted by Gasteiger charge is 2.25. The van der Waals surface area contributed by atoms with Gasteiger partial charge in [0.1, 0.15) is 12.4 Å². The summed E-state index contributed by atoms with van der Waals surface area (Å²) in [5.41, 5.74) is 7.08. The predicted octanol–water partition coefficient (Wildman–Crippen LogP) is 7.94. The van der Waals surface area contributed by atoms with Gasteiger partial charge in [-0.3, -0.25) is 4.79 Å². The molecule has 0 atom stereocenters. The Morgan fingerprint density at radius 2 is 1.69 bits per heavy atom. The summed E-state index contributed by atoms with van der Waals surface area (Å²) in [7, 11) is 0. The van der Waals surface area contributed by atoms with Crippen molar-refractivity contribution in [3.05, 3.63) is 113 Å². The number of carboxylic acids is 1. The van der Waals surface area contributed by atoms with Crippen molar-refractivity contribution >= 4 is 45.7 Å². The standard InChI is InChI=1S/C31H26O3S/c1-20-28(16-21-8-12-26(35-2)13-9-21)27-14-11-25(17-30(27)29(20)18-31(32)33)34-19-22-7-10-23-5-3-4-6-24(23)15-22/h3-17H,18-19H2,1-2H3,(H,32,33). The van der Waals surface area contributed by atoms with E-state index in [0.717, 1.165) is 44.7 Å². The highest BCUT2D eigenvalue weighted by Crippen LogP contribution is 2.45. The lowest BCUT2D eigenvalue weighted by molar-refractivity contribution is -0.135. The van der Waals surface area contributed by atoms with Crippen molar-refractivity contribution in [1.29, 1.82) is 0 Å². The number of ether oxygens (including phenoxy) is 1. The van der Waals surface area contributed by atoms with Gasteiger partial charge in [0, 0.05) is 4.90 Å². The maximum atomic E-state index is 11.7. The highest BCUT2D eigenvalue weighted by atomic mass is 32.2. The molecule has 4 heteroatoms. The van der Waals surface area contributed by atoms with Crippen LogP contribution in [0.3, 0.4) is 0 Å². The average molecular weight is 479 g/mol. The van der Waals surface area contributed by atoms with E-state index in [4.69, 9.17) is 4.74 Å². The molecule has 0 aromatic heterocycles. The molecule has 4 aromatic carbocycles. The van der Waals surface area contributed by atoms with Gasteiger partial charge in [-0.05, 0) is 99.3 Å². The van der Waals surface area contributed by atoms with Crippen molar-refractivity contribution in [2.75, 3.05) is 6.26 Å². The fourth-order valence-electron chi connectivity index (χ4n) is 4.59. The maximum Gasteiger partial charge on any atom is 0.307 e. The molecule has 0 saturated carbocycles. The first-order chi connectivity index (χ1) is 17.0. The van der Waals surface area contributed by atoms with Crippen molar-refractivity contribution in [2.24, 2.45) is 0 Å². The van der Waals surface area contributed by atoms with Gasteiger partial charge in [0.15, 0.2) is 0 Å². The third-order valence-corrected chi connectivity index (χ3v) is 7.18. The van der Waals surface area contributed by atoms with Gasteiger partial charge in [0.2, 0.25) is 0 Å². The zero-order valence-electron chi connectivity index (χ0n) is 19.7. The van der Waals surface area contributed by atoms with Crippen molar-refractivity contribution < 1.29 is 14.6 Å². The number of carbonyl (C=O) groups is 1. The van der Waals surface area contributed by atoms with E-state index in [2.05, 4.69) is 66.9 Å². The van der Waals surface area contributed by atoms with Crippen LogP contribution in [0, 0.1) is 0 Å². The zero-order valence-corrected chi connectivity index (χ0v) is 20.6. The molecule has 0 heterocycles. The van der Waals surface area contributed by atoms with Gasteiger partial charge in [-0.25, -0.2) is 0 Å². The normalized spacial score (nSPS) is 13.9. The molecule has 0 radical (unpaired) electrons. The molecule has 5 rings (SSSR count). The van der Waals surface area contributed by atoms with Gasteiger partial charge < -0.3 is 9.84 Å². The van der Waals surface area contributed by atoms with Crippen LogP contribution in [0.15, 0.2) is 95.4 Å². The van der Waals surface area contributed by atoms with Crippen molar-refractivity contribution in [3.8, 4) is 5.75 Å². The fraction of sp³-hybridized carbons (Fsp3) is 0.129. The summed E-state index contributed by atoms with van der Waals surface area (Å²) in [6.45, 7) is 2.46. The van der Waals surface area contributed by atoms with Crippen LogP contribution in [0.2, 0.25) is 0 Å². The molecule has 35 heavy (non-hydrogen) atoms. The predicted molar refractivity (Wildman–Crippen MR) is 146 cm³/mol. The molecule has 3 nitrogen and oxygen atoms in total. The Hall–Kier alpha value is -3.76. The van der Waals surface area contributed by atoms with Crippen LogP contribution in [0.25, 0.3) is 28.0 Å². The lowest BCUT2D eigenvalue weighted by Gasteiger charge is -2.11. The molecule has 4 aromatic rings. The molecular weight excluding hydrogens is 452 g/mol. The van der Waals surface area contributed by atoms with Crippen molar-refractivity contribution in [2.45, 2.75) is 24.8 Å². The van der Waals surface area contributed by atoms with Gasteiger partial charge in [-0.2, -0.15) is 0 Å². The second kappa shape index (κ2) is 9.85. The molecular formula is C31H26O3S. The van der Waals surface area contributed by atoms with E-state index in [-0.39, 0.29) is 6.42 Å². The van der Waals surface area contributed by atoms with Crippen LogP contribution in [-0.2, 0) is 11.4 Å². The highest BCUT2D eigenvalue weighted by molar-refractivity contribution is 7.98. The van der Waals surface area contributed by atoms with E-state index in [0.29, 0.717) is 6.61 Å². The first kappa shape index (κ1) is 23.0. The van der Waals surface area contributed by atoms with E-state index in [1.165, 1.54) is 15.7 Å². The van der Waals surface area contributed by atoms with Gasteiger partial charge in [0.25, 0.3) is 0 Å². The molecule has 1 aliphatic rings. The second-order valence-electron chi connectivity index (χ2n) is 8.68. The Morgan fingerprint density at radius 3 is 2.43 bits per heavy atom. The molecule has 1 N–H and O–H groups in total. The van der Waals surface area contributed by atoms with Crippen LogP contribution < -0.4 is 4.74 Å². The number of carboxylic acid groups (broad SMARTS) is 1. The van der Waals surface area contributed by atoms with E-state index in [9.17, 15) is 9.90 Å². The molecule has 0 bridgehead atoms. The number of aliphatic carboxylic acids is 1. The molecule has 0 saturated heterocycles. The summed E-state index contributed by atoms with van der Waals surface area (Å²) >= 11 is 1.71. The van der Waals surface area contributed by atoms with Crippen molar-refractivity contribution in [3.63, 3.8) is 0 Å². The first-order valence-corrected chi connectivity index (χ1v) is 12.8. The van der Waals surface area contributed by atoms with Crippen LogP contribution in [0.5, 0.6) is 5.75 Å². The second-order valence-corrected chi connectivity index (χ2v) is 9.56. The Labute approximate surface area is 209 Å². The summed E-state index contributed by atoms with van der Waals surface area (Å²) in [6, 6.07) is 29.0. The Bertz CT molecular complexity index is 1480. The van der Waals surface area contributed by atoms with Crippen LogP contribution in [-0.4, -0.2) is 17.3 Å². The summed E-state index contributed by atoms with van der Waals surface area (Å²) in [6.07, 6.45) is 4.18. The number of allylic oxidation sites excluding steroid dienone is 2. The lowest BCUT2D eigenvalue weighted by Crippen LogP contribution is -1.99. The summed E-state index contributed by atoms with van der Waals surface area (Å²) < 4.78 is 6.14. The van der Waals surface area contributed by atoms with Crippen LogP contribution >= 0.6 is 11.8 Å². The van der Waals surface area contributed by atoms with Gasteiger partial charge in [-0.1, -0.05) is 54.6 Å². The van der Waals surface area contributed by atoms with Crippen molar-refractivity contribution in [1.82, 2.24) is 0 Å². The number of benzene rings is 4. The maximum absolute atomic E-state index is 11.7. The van der Waals surface area contributed by atoms with Gasteiger partial charge in [-0.15, -0.1) is 11.8 Å². The fourth-order valence-corrected chi connectivity index (χ4v) is 5.00. The third kappa shape index (κ3) is 4.89. The monoisotopic (exact) mass is 478 g/mol. The average Bonchev–Trinajstić information content (AvgIpc) is 3.12. The number of thioether (sulfide) groups is 1. The van der Waals surface area contributed by atoms with Gasteiger partial charge >= 0.3 is 5.97 Å². The number of hydrogen-bond donors (Lipinski definition) is 1. The molecule has 174 valence electrons. The lowest BCUT2D eigenvalue weighted by atomic mass is 10.0. The Balaban J connectivity index is 1.45. The third-order valence-electron chi connectivity index (χ3n) is 6.44. The topological polar surface area (TPSA) is 46.5 Å². The Morgan fingerprint density at radius 1 is 0.914 bits per heavy atom. The minimum Gasteiger partial charge on any atom is -0.489 e. The molecule has 0 aliphatic heterocycles. The molecule has 1 aliphatic carbocycles. The SMILES string of the molecule is CSc1ccc(C=C2C(C)=C(CC(=O)O)c3cc(OCc4ccc5ccccc5c4)ccc32)cc1. The van der Waals surface area contributed by atoms with Gasteiger partial charge in [0.05, 0.1) is 6.42 Å². The largest absolute Gasteiger partial charge is 0.489 e. The summed E-state index contributed by atoms with van der Waals surface area (Å²) in [5.74, 6) is -0.100. The minimum atomic E-state index is -0.835. The van der Waals surface area contributed by atoms with Crippen LogP contribution in [0.1, 0.15) is 35.6 Å². The molecule has 0 unspecified atom stereocenters. The van der Waals surface area contributed by atoms with E-state index in [1.807, 2.05) is 37.3 Å². The van der Waals surface area contributed by atoms with E-state index in [1.54, 1.807) is 11.8 Å². The van der Waals surface area contributed by atoms with E-state index < -0.39 is 5.97 Å². The summed E-state index contributed by atoms with van der Waals surface area (Å²) in [4.78, 5) is 12.9. The molecule has 0 fully saturated rings. The van der Waals surface area contributed by atoms with Crippen LogP contribution in [0.4, 0.5) is 0 Å². The Kier molecular flexibility index (Phi) is 6.47. The number of fused-ring (bicyclic) bond motifs is 2. The molecule has 0 spiro atoms. The number of hydrogen-bond acceptors (Lipinski definition) is 3. The quantitative estimate of drug-likeness (QED) is 0.274.